The van der Waals surface area contributed by atoms with Crippen molar-refractivity contribution in [1.29, 1.82) is 5.41 Å². The lowest BCUT2D eigenvalue weighted by Gasteiger charge is -2.04. The molecule has 2 aromatic carbocycles. The summed E-state index contributed by atoms with van der Waals surface area (Å²) >= 11 is 3.29. The Morgan fingerprint density at radius 1 is 0.957 bits per heavy atom. The molecule has 23 heavy (non-hydrogen) atoms. The van der Waals surface area contributed by atoms with E-state index < -0.39 is 17.4 Å². The summed E-state index contributed by atoms with van der Waals surface area (Å²) in [7, 11) is 0. The molecule has 0 saturated heterocycles. The zero-order chi connectivity index (χ0) is 16.7. The van der Waals surface area contributed by atoms with Gasteiger partial charge in [-0.15, -0.1) is 0 Å². The standard InChI is InChI=1S/C17H14BrN3O2/c18-12-6-8-14(9-7-12)21-17(23)16(19)15(22)10-11-20-13-4-2-1-3-5-13/h1-11,19-20H,(H,21,23)/b11-10-,19-16?. The quantitative estimate of drug-likeness (QED) is 0.412. The zero-order valence-corrected chi connectivity index (χ0v) is 13.6. The van der Waals surface area contributed by atoms with E-state index in [9.17, 15) is 9.59 Å². The predicted molar refractivity (Wildman–Crippen MR) is 94.7 cm³/mol. The van der Waals surface area contributed by atoms with Crippen molar-refractivity contribution in [2.24, 2.45) is 0 Å². The SMILES string of the molecule is N=C(C(=O)/C=C\Nc1ccccc1)C(=O)Nc1ccc(Br)cc1. The van der Waals surface area contributed by atoms with Crippen LogP contribution in [0, 0.1) is 5.41 Å². The Kier molecular flexibility index (Phi) is 5.82. The largest absolute Gasteiger partial charge is 0.362 e. The molecule has 2 rings (SSSR count). The van der Waals surface area contributed by atoms with E-state index in [4.69, 9.17) is 5.41 Å². The molecule has 3 N–H and O–H groups in total. The number of para-hydroxylation sites is 1. The minimum Gasteiger partial charge on any atom is -0.362 e. The van der Waals surface area contributed by atoms with Crippen molar-refractivity contribution < 1.29 is 9.59 Å². The molecule has 116 valence electrons. The fraction of sp³-hybridized carbons (Fsp3) is 0. The maximum Gasteiger partial charge on any atom is 0.277 e. The number of rotatable bonds is 6. The number of carbonyl (C=O) groups excluding carboxylic acids is 2. The second-order valence-electron chi connectivity index (χ2n) is 4.54. The van der Waals surface area contributed by atoms with Crippen molar-refractivity contribution in [3.05, 3.63) is 71.3 Å². The van der Waals surface area contributed by atoms with Gasteiger partial charge in [-0.2, -0.15) is 0 Å². The topological polar surface area (TPSA) is 82.1 Å². The summed E-state index contributed by atoms with van der Waals surface area (Å²) in [5, 5.41) is 13.0. The third kappa shape index (κ3) is 5.19. The van der Waals surface area contributed by atoms with Crippen LogP contribution in [0.25, 0.3) is 0 Å². The van der Waals surface area contributed by atoms with Crippen LogP contribution in [0.3, 0.4) is 0 Å². The maximum absolute atomic E-state index is 11.8. The molecule has 5 nitrogen and oxygen atoms in total. The van der Waals surface area contributed by atoms with Gasteiger partial charge in [-0.3, -0.25) is 15.0 Å². The number of ketones is 1. The summed E-state index contributed by atoms with van der Waals surface area (Å²) in [5.74, 6) is -1.43. The van der Waals surface area contributed by atoms with Gasteiger partial charge in [0.1, 0.15) is 0 Å². The average Bonchev–Trinajstić information content (AvgIpc) is 2.57. The summed E-state index contributed by atoms with van der Waals surface area (Å²) in [6.45, 7) is 0. The molecule has 1 amide bonds. The lowest BCUT2D eigenvalue weighted by Crippen LogP contribution is -2.28. The Morgan fingerprint density at radius 3 is 2.26 bits per heavy atom. The van der Waals surface area contributed by atoms with E-state index in [-0.39, 0.29) is 0 Å². The van der Waals surface area contributed by atoms with Crippen LogP contribution < -0.4 is 10.6 Å². The highest BCUT2D eigenvalue weighted by atomic mass is 79.9. The molecular formula is C17H14BrN3O2. The number of hydrogen-bond acceptors (Lipinski definition) is 4. The number of amides is 1. The number of benzene rings is 2. The van der Waals surface area contributed by atoms with Crippen molar-refractivity contribution in [3.63, 3.8) is 0 Å². The summed E-state index contributed by atoms with van der Waals surface area (Å²) in [6.07, 6.45) is 2.55. The molecule has 0 unspecified atom stereocenters. The lowest BCUT2D eigenvalue weighted by atomic mass is 10.2. The summed E-state index contributed by atoms with van der Waals surface area (Å²) in [6, 6.07) is 16.1. The molecule has 0 bridgehead atoms. The van der Waals surface area contributed by atoms with Gasteiger partial charge in [-0.1, -0.05) is 34.1 Å². The zero-order valence-electron chi connectivity index (χ0n) is 12.0. The highest BCUT2D eigenvalue weighted by molar-refractivity contribution is 9.10. The molecule has 0 saturated carbocycles. The minimum absolute atomic E-state index is 0.516. The Labute approximate surface area is 142 Å². The van der Waals surface area contributed by atoms with Gasteiger partial charge in [0.25, 0.3) is 5.91 Å². The first-order valence-corrected chi connectivity index (χ1v) is 7.53. The van der Waals surface area contributed by atoms with Crippen LogP contribution in [0.15, 0.2) is 71.3 Å². The van der Waals surface area contributed by atoms with Crippen molar-refractivity contribution in [1.82, 2.24) is 0 Å². The highest BCUT2D eigenvalue weighted by Gasteiger charge is 2.15. The van der Waals surface area contributed by atoms with Gasteiger partial charge in [-0.25, -0.2) is 0 Å². The third-order valence-corrected chi connectivity index (χ3v) is 3.36. The smallest absolute Gasteiger partial charge is 0.277 e. The maximum atomic E-state index is 11.8. The van der Waals surface area contributed by atoms with E-state index in [1.807, 2.05) is 30.3 Å². The van der Waals surface area contributed by atoms with Crippen molar-refractivity contribution in [2.45, 2.75) is 0 Å². The number of anilines is 2. The molecule has 0 aliphatic rings. The van der Waals surface area contributed by atoms with Crippen molar-refractivity contribution in [3.8, 4) is 0 Å². The number of carbonyl (C=O) groups is 2. The molecular weight excluding hydrogens is 358 g/mol. The van der Waals surface area contributed by atoms with E-state index in [1.54, 1.807) is 24.3 Å². The molecule has 0 radical (unpaired) electrons. The molecule has 0 fully saturated rings. The summed E-state index contributed by atoms with van der Waals surface area (Å²) < 4.78 is 0.872. The molecule has 0 aliphatic heterocycles. The second-order valence-corrected chi connectivity index (χ2v) is 5.46. The third-order valence-electron chi connectivity index (χ3n) is 2.83. The number of hydrogen-bond donors (Lipinski definition) is 3. The van der Waals surface area contributed by atoms with Crippen LogP contribution in [-0.2, 0) is 9.59 Å². The molecule has 0 aromatic heterocycles. The van der Waals surface area contributed by atoms with E-state index in [0.717, 1.165) is 16.2 Å². The Bertz CT molecular complexity index is 740. The fourth-order valence-electron chi connectivity index (χ4n) is 1.67. The van der Waals surface area contributed by atoms with Gasteiger partial charge >= 0.3 is 0 Å². The molecule has 0 heterocycles. The predicted octanol–water partition coefficient (Wildman–Crippen LogP) is 3.60. The normalized spacial score (nSPS) is 10.3. The van der Waals surface area contributed by atoms with Gasteiger partial charge in [0.05, 0.1) is 0 Å². The lowest BCUT2D eigenvalue weighted by molar-refractivity contribution is -0.113. The Morgan fingerprint density at radius 2 is 1.61 bits per heavy atom. The van der Waals surface area contributed by atoms with Crippen LogP contribution in [0.2, 0.25) is 0 Å². The first kappa shape index (κ1) is 16.6. The van der Waals surface area contributed by atoms with Crippen LogP contribution in [0.4, 0.5) is 11.4 Å². The summed E-state index contributed by atoms with van der Waals surface area (Å²) in [4.78, 5) is 23.6. The second kappa shape index (κ2) is 8.05. The van der Waals surface area contributed by atoms with Gasteiger partial charge < -0.3 is 10.6 Å². The first-order chi connectivity index (χ1) is 11.1. The van der Waals surface area contributed by atoms with E-state index >= 15 is 0 Å². The van der Waals surface area contributed by atoms with E-state index in [2.05, 4.69) is 26.6 Å². The van der Waals surface area contributed by atoms with Gasteiger partial charge in [-0.05, 0) is 36.4 Å². The molecule has 0 aliphatic carbocycles. The Hall–Kier alpha value is -2.73. The van der Waals surface area contributed by atoms with Crippen LogP contribution in [0.1, 0.15) is 0 Å². The van der Waals surface area contributed by atoms with Gasteiger partial charge in [0, 0.05) is 28.1 Å². The molecule has 6 heteroatoms. The summed E-state index contributed by atoms with van der Waals surface area (Å²) in [5.41, 5.74) is 0.698. The van der Waals surface area contributed by atoms with E-state index in [1.165, 1.54) is 6.20 Å². The number of nitrogens with one attached hydrogen (secondary N) is 3. The number of allylic oxidation sites excluding steroid dienone is 1. The minimum atomic E-state index is -0.748. The van der Waals surface area contributed by atoms with Crippen LogP contribution >= 0.6 is 15.9 Å². The molecule has 0 spiro atoms. The molecule has 0 atom stereocenters. The fourth-order valence-corrected chi connectivity index (χ4v) is 1.93. The number of halogens is 1. The van der Waals surface area contributed by atoms with Crippen molar-refractivity contribution in [2.75, 3.05) is 10.6 Å². The highest BCUT2D eigenvalue weighted by Crippen LogP contribution is 2.14. The monoisotopic (exact) mass is 371 g/mol. The van der Waals surface area contributed by atoms with Gasteiger partial charge in [0.2, 0.25) is 5.78 Å². The van der Waals surface area contributed by atoms with Gasteiger partial charge in [0.15, 0.2) is 5.71 Å². The average molecular weight is 372 g/mol. The first-order valence-electron chi connectivity index (χ1n) is 6.74. The van der Waals surface area contributed by atoms with Crippen LogP contribution in [0.5, 0.6) is 0 Å². The molecule has 2 aromatic rings. The van der Waals surface area contributed by atoms with E-state index in [0.29, 0.717) is 5.69 Å². The Balaban J connectivity index is 1.89. The van der Waals surface area contributed by atoms with Crippen LogP contribution in [-0.4, -0.2) is 17.4 Å². The van der Waals surface area contributed by atoms with Crippen molar-refractivity contribution >= 4 is 44.7 Å².